The molecular weight excluding hydrogens is 230 g/mol. The number of rotatable bonds is 2. The zero-order valence-electron chi connectivity index (χ0n) is 8.57. The molecule has 1 fully saturated rings. The van der Waals surface area contributed by atoms with Crippen molar-refractivity contribution in [3.63, 3.8) is 0 Å². The lowest BCUT2D eigenvalue weighted by Crippen LogP contribution is -2.42. The first-order valence-corrected chi connectivity index (χ1v) is 5.44. The lowest BCUT2D eigenvalue weighted by atomic mass is 10.0. The molecule has 1 aliphatic heterocycles. The molecule has 0 radical (unpaired) electrons. The Kier molecular flexibility index (Phi) is 3.38. The summed E-state index contributed by atoms with van der Waals surface area (Å²) in [6, 6.07) is 4.57. The Labute approximate surface area is 97.9 Å². The summed E-state index contributed by atoms with van der Waals surface area (Å²) in [5.74, 6) is 0. The van der Waals surface area contributed by atoms with Crippen LogP contribution in [-0.4, -0.2) is 24.6 Å². The lowest BCUT2D eigenvalue weighted by molar-refractivity contribution is -0.384. The molecule has 0 unspecified atom stereocenters. The van der Waals surface area contributed by atoms with Gasteiger partial charge in [0.1, 0.15) is 0 Å². The quantitative estimate of drug-likeness (QED) is 0.608. The standard InChI is InChI=1S/C10H12ClN3O2/c11-9-2-1-7(14(15)16)5-8(9)10-6-12-3-4-13-10/h1-2,5,10,12-13H,3-4,6H2/t10-/m1/s1. The molecule has 0 bridgehead atoms. The van der Waals surface area contributed by atoms with Gasteiger partial charge in [-0.05, 0) is 11.6 Å². The average molecular weight is 242 g/mol. The highest BCUT2D eigenvalue weighted by atomic mass is 35.5. The highest BCUT2D eigenvalue weighted by molar-refractivity contribution is 6.31. The van der Waals surface area contributed by atoms with E-state index in [2.05, 4.69) is 10.6 Å². The largest absolute Gasteiger partial charge is 0.314 e. The van der Waals surface area contributed by atoms with Gasteiger partial charge in [0.15, 0.2) is 0 Å². The number of nitro groups is 1. The molecule has 1 aromatic rings. The van der Waals surface area contributed by atoms with E-state index in [1.807, 2.05) is 0 Å². The van der Waals surface area contributed by atoms with Crippen molar-refractivity contribution in [1.82, 2.24) is 10.6 Å². The summed E-state index contributed by atoms with van der Waals surface area (Å²) in [5.41, 5.74) is 0.856. The molecule has 0 aromatic heterocycles. The molecule has 5 nitrogen and oxygen atoms in total. The van der Waals surface area contributed by atoms with Gasteiger partial charge >= 0.3 is 0 Å². The van der Waals surface area contributed by atoms with Crippen molar-refractivity contribution in [2.75, 3.05) is 19.6 Å². The fourth-order valence-corrected chi connectivity index (χ4v) is 2.03. The number of hydrogen-bond acceptors (Lipinski definition) is 4. The molecule has 0 spiro atoms. The molecule has 1 heterocycles. The van der Waals surface area contributed by atoms with Gasteiger partial charge in [0.05, 0.1) is 4.92 Å². The summed E-state index contributed by atoms with van der Waals surface area (Å²) in [5, 5.41) is 17.7. The number of nitrogens with zero attached hydrogens (tertiary/aromatic N) is 1. The molecule has 1 aromatic carbocycles. The number of nitrogens with one attached hydrogen (secondary N) is 2. The molecule has 1 atom stereocenters. The van der Waals surface area contributed by atoms with Crippen LogP contribution in [0.25, 0.3) is 0 Å². The van der Waals surface area contributed by atoms with Crippen LogP contribution in [0.1, 0.15) is 11.6 Å². The van der Waals surface area contributed by atoms with Crippen LogP contribution in [0.5, 0.6) is 0 Å². The van der Waals surface area contributed by atoms with Gasteiger partial charge in [0, 0.05) is 42.8 Å². The molecule has 0 saturated carbocycles. The minimum atomic E-state index is -0.407. The molecule has 0 aliphatic carbocycles. The second kappa shape index (κ2) is 4.78. The van der Waals surface area contributed by atoms with Gasteiger partial charge in [-0.1, -0.05) is 11.6 Å². The van der Waals surface area contributed by atoms with E-state index in [0.717, 1.165) is 25.2 Å². The van der Waals surface area contributed by atoms with Crippen LogP contribution >= 0.6 is 11.6 Å². The molecule has 2 N–H and O–H groups in total. The zero-order chi connectivity index (χ0) is 11.5. The van der Waals surface area contributed by atoms with Crippen LogP contribution in [0.4, 0.5) is 5.69 Å². The first-order chi connectivity index (χ1) is 7.68. The number of nitro benzene ring substituents is 1. The van der Waals surface area contributed by atoms with E-state index in [-0.39, 0.29) is 11.7 Å². The van der Waals surface area contributed by atoms with Crippen LogP contribution in [0, 0.1) is 10.1 Å². The maximum absolute atomic E-state index is 10.7. The highest BCUT2D eigenvalue weighted by Gasteiger charge is 2.19. The molecular formula is C10H12ClN3O2. The summed E-state index contributed by atoms with van der Waals surface area (Å²) >= 11 is 6.04. The molecule has 1 aliphatic rings. The molecule has 86 valence electrons. The Hall–Kier alpha value is -1.17. The predicted molar refractivity (Wildman–Crippen MR) is 61.7 cm³/mol. The fraction of sp³-hybridized carbons (Fsp3) is 0.400. The van der Waals surface area contributed by atoms with Gasteiger partial charge in [0.25, 0.3) is 5.69 Å². The van der Waals surface area contributed by atoms with Crippen LogP contribution in [-0.2, 0) is 0 Å². The number of benzene rings is 1. The first-order valence-electron chi connectivity index (χ1n) is 5.06. The minimum Gasteiger partial charge on any atom is -0.314 e. The maximum atomic E-state index is 10.7. The van der Waals surface area contributed by atoms with E-state index in [1.165, 1.54) is 12.1 Å². The van der Waals surface area contributed by atoms with Crippen LogP contribution in [0.3, 0.4) is 0 Å². The Morgan fingerprint density at radius 2 is 2.25 bits per heavy atom. The van der Waals surface area contributed by atoms with Crippen molar-refractivity contribution in [3.8, 4) is 0 Å². The van der Waals surface area contributed by atoms with E-state index in [1.54, 1.807) is 6.07 Å². The summed E-state index contributed by atoms with van der Waals surface area (Å²) in [6.07, 6.45) is 0. The van der Waals surface area contributed by atoms with E-state index in [4.69, 9.17) is 11.6 Å². The van der Waals surface area contributed by atoms with Crippen molar-refractivity contribution in [2.24, 2.45) is 0 Å². The van der Waals surface area contributed by atoms with Crippen molar-refractivity contribution < 1.29 is 4.92 Å². The summed E-state index contributed by atoms with van der Waals surface area (Å²) in [7, 11) is 0. The summed E-state index contributed by atoms with van der Waals surface area (Å²) in [6.45, 7) is 2.48. The number of hydrogen-bond donors (Lipinski definition) is 2. The minimum absolute atomic E-state index is 0.0427. The van der Waals surface area contributed by atoms with Gasteiger partial charge in [-0.3, -0.25) is 10.1 Å². The number of halogens is 1. The van der Waals surface area contributed by atoms with Crippen LogP contribution < -0.4 is 10.6 Å². The second-order valence-electron chi connectivity index (χ2n) is 3.67. The summed E-state index contributed by atoms with van der Waals surface area (Å²) < 4.78 is 0. The van der Waals surface area contributed by atoms with Crippen molar-refractivity contribution in [1.29, 1.82) is 0 Å². The molecule has 6 heteroatoms. The fourth-order valence-electron chi connectivity index (χ4n) is 1.79. The first kappa shape index (κ1) is 11.3. The van der Waals surface area contributed by atoms with Gasteiger partial charge < -0.3 is 10.6 Å². The van der Waals surface area contributed by atoms with Gasteiger partial charge in [-0.15, -0.1) is 0 Å². The lowest BCUT2D eigenvalue weighted by Gasteiger charge is -2.25. The second-order valence-corrected chi connectivity index (χ2v) is 4.08. The van der Waals surface area contributed by atoms with E-state index in [0.29, 0.717) is 5.02 Å². The maximum Gasteiger partial charge on any atom is 0.269 e. The third-order valence-electron chi connectivity index (χ3n) is 2.61. The molecule has 2 rings (SSSR count). The van der Waals surface area contributed by atoms with E-state index < -0.39 is 4.92 Å². The Bertz CT molecular complexity index is 405. The zero-order valence-corrected chi connectivity index (χ0v) is 9.33. The third kappa shape index (κ3) is 2.32. The van der Waals surface area contributed by atoms with Crippen LogP contribution in [0.2, 0.25) is 5.02 Å². The number of piperazine rings is 1. The topological polar surface area (TPSA) is 67.2 Å². The predicted octanol–water partition coefficient (Wildman–Crippen LogP) is 1.48. The molecule has 16 heavy (non-hydrogen) atoms. The third-order valence-corrected chi connectivity index (χ3v) is 2.95. The van der Waals surface area contributed by atoms with Crippen molar-refractivity contribution in [2.45, 2.75) is 6.04 Å². The Morgan fingerprint density at radius 1 is 1.44 bits per heavy atom. The van der Waals surface area contributed by atoms with Gasteiger partial charge in [-0.2, -0.15) is 0 Å². The average Bonchev–Trinajstić information content (AvgIpc) is 2.30. The smallest absolute Gasteiger partial charge is 0.269 e. The Balaban J connectivity index is 2.30. The molecule has 0 amide bonds. The normalized spacial score (nSPS) is 20.7. The SMILES string of the molecule is O=[N+]([O-])c1ccc(Cl)c([C@H]2CNCCN2)c1. The number of non-ortho nitro benzene ring substituents is 1. The monoisotopic (exact) mass is 241 g/mol. The van der Waals surface area contributed by atoms with Crippen molar-refractivity contribution >= 4 is 17.3 Å². The van der Waals surface area contributed by atoms with E-state index in [9.17, 15) is 10.1 Å². The van der Waals surface area contributed by atoms with Crippen molar-refractivity contribution in [3.05, 3.63) is 38.9 Å². The highest BCUT2D eigenvalue weighted by Crippen LogP contribution is 2.27. The van der Waals surface area contributed by atoms with E-state index >= 15 is 0 Å². The summed E-state index contributed by atoms with van der Waals surface area (Å²) in [4.78, 5) is 10.3. The van der Waals surface area contributed by atoms with Crippen LogP contribution in [0.15, 0.2) is 18.2 Å². The Morgan fingerprint density at radius 3 is 2.88 bits per heavy atom. The molecule has 1 saturated heterocycles. The van der Waals surface area contributed by atoms with Gasteiger partial charge in [-0.25, -0.2) is 0 Å². The van der Waals surface area contributed by atoms with Gasteiger partial charge in [0.2, 0.25) is 0 Å².